The van der Waals surface area contributed by atoms with Gasteiger partial charge in [0.05, 0.1) is 5.69 Å². The zero-order valence-corrected chi connectivity index (χ0v) is 10.5. The zero-order chi connectivity index (χ0) is 13.2. The van der Waals surface area contributed by atoms with Gasteiger partial charge in [-0.15, -0.1) is 0 Å². The molecule has 0 amide bonds. The maximum Gasteiger partial charge on any atom is 0.182 e. The molecule has 19 heavy (non-hydrogen) atoms. The number of aromatic nitrogens is 4. The molecule has 0 fully saturated rings. The van der Waals surface area contributed by atoms with Crippen molar-refractivity contribution in [3.63, 3.8) is 0 Å². The van der Waals surface area contributed by atoms with Crippen LogP contribution in [0.5, 0.6) is 0 Å². The summed E-state index contributed by atoms with van der Waals surface area (Å²) in [7, 11) is 1.86. The second kappa shape index (κ2) is 4.53. The summed E-state index contributed by atoms with van der Waals surface area (Å²) in [5, 5.41) is 4.29. The van der Waals surface area contributed by atoms with Gasteiger partial charge in [0.1, 0.15) is 11.5 Å². The molecule has 1 aromatic carbocycles. The van der Waals surface area contributed by atoms with E-state index in [4.69, 9.17) is 5.73 Å². The molecular formula is C14H13N5. The quantitative estimate of drug-likeness (QED) is 0.757. The highest BCUT2D eigenvalue weighted by Gasteiger charge is 2.09. The first kappa shape index (κ1) is 11.4. The van der Waals surface area contributed by atoms with Crippen molar-refractivity contribution < 1.29 is 0 Å². The van der Waals surface area contributed by atoms with Crippen molar-refractivity contribution in [2.24, 2.45) is 7.05 Å². The SMILES string of the molecule is Cn1ccc(-c2nc(N)cc(-c3ccccc3)n2)n1. The summed E-state index contributed by atoms with van der Waals surface area (Å²) in [6.07, 6.45) is 1.85. The lowest BCUT2D eigenvalue weighted by Gasteiger charge is -2.04. The fraction of sp³-hybridized carbons (Fsp3) is 0.0714. The summed E-state index contributed by atoms with van der Waals surface area (Å²) < 4.78 is 1.71. The van der Waals surface area contributed by atoms with Gasteiger partial charge in [0.25, 0.3) is 0 Å². The highest BCUT2D eigenvalue weighted by molar-refractivity contribution is 5.65. The number of nitrogens with two attached hydrogens (primary N) is 1. The van der Waals surface area contributed by atoms with Crippen molar-refractivity contribution in [1.82, 2.24) is 19.7 Å². The molecule has 0 aliphatic heterocycles. The molecule has 3 aromatic rings. The average Bonchev–Trinajstić information content (AvgIpc) is 2.86. The van der Waals surface area contributed by atoms with Gasteiger partial charge in [0.2, 0.25) is 0 Å². The van der Waals surface area contributed by atoms with Crippen LogP contribution in [0.1, 0.15) is 0 Å². The number of hydrogen-bond acceptors (Lipinski definition) is 4. The molecule has 5 heteroatoms. The first-order valence-electron chi connectivity index (χ1n) is 5.92. The van der Waals surface area contributed by atoms with E-state index in [1.165, 1.54) is 0 Å². The van der Waals surface area contributed by atoms with Crippen LogP contribution in [0.15, 0.2) is 48.7 Å². The number of rotatable bonds is 2. The van der Waals surface area contributed by atoms with Crippen molar-refractivity contribution >= 4 is 5.82 Å². The molecule has 5 nitrogen and oxygen atoms in total. The van der Waals surface area contributed by atoms with E-state index in [9.17, 15) is 0 Å². The van der Waals surface area contributed by atoms with Gasteiger partial charge in [-0.1, -0.05) is 30.3 Å². The minimum Gasteiger partial charge on any atom is -0.384 e. The smallest absolute Gasteiger partial charge is 0.182 e. The van der Waals surface area contributed by atoms with E-state index in [0.717, 1.165) is 11.3 Å². The van der Waals surface area contributed by atoms with E-state index in [-0.39, 0.29) is 0 Å². The fourth-order valence-corrected chi connectivity index (χ4v) is 1.87. The molecule has 0 aliphatic carbocycles. The van der Waals surface area contributed by atoms with Crippen LogP contribution in [0.4, 0.5) is 5.82 Å². The summed E-state index contributed by atoms with van der Waals surface area (Å²) in [5.41, 5.74) is 8.38. The number of anilines is 1. The monoisotopic (exact) mass is 251 g/mol. The van der Waals surface area contributed by atoms with Gasteiger partial charge in [0.15, 0.2) is 5.82 Å². The van der Waals surface area contributed by atoms with E-state index >= 15 is 0 Å². The number of hydrogen-bond donors (Lipinski definition) is 1. The third-order valence-electron chi connectivity index (χ3n) is 2.76. The van der Waals surface area contributed by atoms with Gasteiger partial charge in [0, 0.05) is 24.9 Å². The van der Waals surface area contributed by atoms with Gasteiger partial charge >= 0.3 is 0 Å². The topological polar surface area (TPSA) is 69.6 Å². The molecule has 0 saturated heterocycles. The molecule has 94 valence electrons. The molecule has 3 rings (SSSR count). The molecule has 0 aliphatic rings. The molecule has 0 spiro atoms. The van der Waals surface area contributed by atoms with E-state index in [2.05, 4.69) is 15.1 Å². The predicted molar refractivity (Wildman–Crippen MR) is 74.1 cm³/mol. The summed E-state index contributed by atoms with van der Waals surface area (Å²) in [4.78, 5) is 8.75. The van der Waals surface area contributed by atoms with Gasteiger partial charge in [-0.3, -0.25) is 4.68 Å². The molecule has 0 bridgehead atoms. The normalized spacial score (nSPS) is 10.6. The van der Waals surface area contributed by atoms with Crippen LogP contribution in [0.2, 0.25) is 0 Å². The van der Waals surface area contributed by atoms with E-state index in [1.54, 1.807) is 10.7 Å². The lowest BCUT2D eigenvalue weighted by Crippen LogP contribution is -1.99. The lowest BCUT2D eigenvalue weighted by molar-refractivity contribution is 0.769. The zero-order valence-electron chi connectivity index (χ0n) is 10.5. The van der Waals surface area contributed by atoms with Crippen molar-refractivity contribution in [1.29, 1.82) is 0 Å². The highest BCUT2D eigenvalue weighted by Crippen LogP contribution is 2.21. The molecule has 2 heterocycles. The first-order valence-corrected chi connectivity index (χ1v) is 5.92. The van der Waals surface area contributed by atoms with Gasteiger partial charge in [-0.05, 0) is 6.07 Å². The summed E-state index contributed by atoms with van der Waals surface area (Å²) in [6, 6.07) is 13.5. The van der Waals surface area contributed by atoms with E-state index in [0.29, 0.717) is 17.3 Å². The molecular weight excluding hydrogens is 238 g/mol. The number of nitrogen functional groups attached to an aromatic ring is 1. The Morgan fingerprint density at radius 2 is 1.79 bits per heavy atom. The Hall–Kier alpha value is -2.69. The van der Waals surface area contributed by atoms with Crippen LogP contribution in [0.3, 0.4) is 0 Å². The Kier molecular flexibility index (Phi) is 2.72. The summed E-state index contributed by atoms with van der Waals surface area (Å²) in [5.74, 6) is 0.981. The summed E-state index contributed by atoms with van der Waals surface area (Å²) >= 11 is 0. The van der Waals surface area contributed by atoms with Crippen molar-refractivity contribution in [2.75, 3.05) is 5.73 Å². The minimum absolute atomic E-state index is 0.439. The molecule has 0 atom stereocenters. The van der Waals surface area contributed by atoms with Gasteiger partial charge < -0.3 is 5.73 Å². The van der Waals surface area contributed by atoms with Gasteiger partial charge in [-0.2, -0.15) is 5.10 Å². The molecule has 2 aromatic heterocycles. The van der Waals surface area contributed by atoms with Crippen LogP contribution in [0.25, 0.3) is 22.8 Å². The molecule has 0 saturated carbocycles. The largest absolute Gasteiger partial charge is 0.384 e. The number of aryl methyl sites for hydroxylation is 1. The summed E-state index contributed by atoms with van der Waals surface area (Å²) in [6.45, 7) is 0. The Balaban J connectivity index is 2.11. The van der Waals surface area contributed by atoms with Crippen LogP contribution < -0.4 is 5.73 Å². The first-order chi connectivity index (χ1) is 9.22. The van der Waals surface area contributed by atoms with E-state index in [1.807, 2.05) is 49.6 Å². The predicted octanol–water partition coefficient (Wildman–Crippen LogP) is 2.13. The van der Waals surface area contributed by atoms with Crippen LogP contribution >= 0.6 is 0 Å². The van der Waals surface area contributed by atoms with Gasteiger partial charge in [-0.25, -0.2) is 9.97 Å². The standard InChI is InChI=1S/C14H13N5/c1-19-8-7-11(18-19)14-16-12(9-13(15)17-14)10-5-3-2-4-6-10/h2-9H,1H3,(H2,15,16,17). The Labute approximate surface area is 110 Å². The average molecular weight is 251 g/mol. The molecule has 2 N–H and O–H groups in total. The highest BCUT2D eigenvalue weighted by atomic mass is 15.3. The van der Waals surface area contributed by atoms with Crippen molar-refractivity contribution in [2.45, 2.75) is 0 Å². The van der Waals surface area contributed by atoms with Crippen molar-refractivity contribution in [3.05, 3.63) is 48.7 Å². The lowest BCUT2D eigenvalue weighted by atomic mass is 10.1. The maximum absolute atomic E-state index is 5.86. The second-order valence-electron chi connectivity index (χ2n) is 4.24. The molecule has 0 radical (unpaired) electrons. The Morgan fingerprint density at radius 3 is 2.47 bits per heavy atom. The number of benzene rings is 1. The van der Waals surface area contributed by atoms with Crippen LogP contribution in [-0.2, 0) is 7.05 Å². The minimum atomic E-state index is 0.439. The maximum atomic E-state index is 5.86. The van der Waals surface area contributed by atoms with E-state index < -0.39 is 0 Å². The molecule has 0 unspecified atom stereocenters. The third kappa shape index (κ3) is 2.30. The van der Waals surface area contributed by atoms with Crippen LogP contribution in [0, 0.1) is 0 Å². The second-order valence-corrected chi connectivity index (χ2v) is 4.24. The fourth-order valence-electron chi connectivity index (χ4n) is 1.87. The van der Waals surface area contributed by atoms with Crippen molar-refractivity contribution in [3.8, 4) is 22.8 Å². The van der Waals surface area contributed by atoms with Crippen LogP contribution in [-0.4, -0.2) is 19.7 Å². The third-order valence-corrected chi connectivity index (χ3v) is 2.76. The Morgan fingerprint density at radius 1 is 1.00 bits per heavy atom. The Bertz CT molecular complexity index is 703. The number of nitrogens with zero attached hydrogens (tertiary/aromatic N) is 4.